The van der Waals surface area contributed by atoms with Crippen LogP contribution in [0.4, 0.5) is 5.82 Å². The van der Waals surface area contributed by atoms with Gasteiger partial charge in [-0.05, 0) is 55.3 Å². The maximum atomic E-state index is 14.2. The van der Waals surface area contributed by atoms with E-state index in [1.165, 1.54) is 9.08 Å². The van der Waals surface area contributed by atoms with Crippen LogP contribution in [0.1, 0.15) is 65.7 Å². The van der Waals surface area contributed by atoms with E-state index in [1.54, 1.807) is 49.8 Å². The largest absolute Gasteiger partial charge is 0.381 e. The van der Waals surface area contributed by atoms with Crippen LogP contribution in [0.3, 0.4) is 0 Å². The number of fused-ring (bicyclic) bond motifs is 2. The number of nitrogens with one attached hydrogen (secondary N) is 1. The molecule has 0 saturated carbocycles. The highest BCUT2D eigenvalue weighted by Crippen LogP contribution is 2.23. The van der Waals surface area contributed by atoms with Gasteiger partial charge in [0.2, 0.25) is 0 Å². The number of carbonyl (C=O) groups is 1. The van der Waals surface area contributed by atoms with Crippen LogP contribution in [-0.4, -0.2) is 35.0 Å². The Morgan fingerprint density at radius 2 is 1.70 bits per heavy atom. The molecule has 0 unspecified atom stereocenters. The molecule has 0 aliphatic carbocycles. The number of pyridine rings is 1. The molecule has 1 amide bonds. The van der Waals surface area contributed by atoms with Gasteiger partial charge in [-0.15, -0.1) is 5.10 Å². The maximum absolute atomic E-state index is 14.2. The summed E-state index contributed by atoms with van der Waals surface area (Å²) in [6.45, 7) is 5.81. The number of rotatable bonds is 5. The molecule has 0 spiro atoms. The van der Waals surface area contributed by atoms with Gasteiger partial charge in [0, 0.05) is 35.4 Å². The Bertz CT molecular complexity index is 2110. The quantitative estimate of drug-likeness (QED) is 0.294. The second kappa shape index (κ2) is 11.2. The molecule has 4 aromatic heterocycles. The van der Waals surface area contributed by atoms with Gasteiger partial charge < -0.3 is 11.1 Å². The first kappa shape index (κ1) is 27.4. The molecule has 0 aliphatic rings. The van der Waals surface area contributed by atoms with E-state index in [9.17, 15) is 9.59 Å². The van der Waals surface area contributed by atoms with Gasteiger partial charge in [0.15, 0.2) is 11.5 Å². The van der Waals surface area contributed by atoms with Crippen LogP contribution in [0.2, 0.25) is 0 Å². The van der Waals surface area contributed by atoms with E-state index >= 15 is 0 Å². The number of nitrogens with two attached hydrogens (primary N) is 1. The van der Waals surface area contributed by atoms with Crippen LogP contribution in [-0.2, 0) is 0 Å². The number of nitrogens with zero attached hydrogens (tertiary/aromatic N) is 6. The van der Waals surface area contributed by atoms with Gasteiger partial charge in [0.1, 0.15) is 11.4 Å². The van der Waals surface area contributed by atoms with Crippen molar-refractivity contribution >= 4 is 28.3 Å². The molecule has 4 heterocycles. The molecular weight excluding hydrogens is 540 g/mol. The second-order valence-electron chi connectivity index (χ2n) is 10.4. The van der Waals surface area contributed by atoms with Crippen molar-refractivity contribution in [1.82, 2.24) is 34.4 Å². The number of nitrogen functional groups attached to an aromatic ring is 1. The SMILES string of the molecule is CC(C)c1ccn2nc(N)c(C(=O)N[C@@H](C)c3nc4cccc(C#Cc5ccncc5)c4c(=O)n3-c3ccccc3)c2n1. The topological polar surface area (TPSA) is 133 Å². The average molecular weight is 569 g/mol. The predicted molar refractivity (Wildman–Crippen MR) is 165 cm³/mol. The standard InChI is InChI=1S/C33H28N8O2/c1-20(2)25-16-19-40-31(37-25)28(29(34)39-40)32(42)36-21(3)30-38-26-11-7-8-23(13-12-22-14-17-35-18-15-22)27(26)33(43)41(30)24-9-5-4-6-10-24/h4-11,14-21H,1-3H3,(H2,34,39)(H,36,42)/t21-/m0/s1. The molecule has 0 saturated heterocycles. The monoisotopic (exact) mass is 568 g/mol. The molecule has 212 valence electrons. The number of hydrogen-bond donors (Lipinski definition) is 2. The third-order valence-corrected chi connectivity index (χ3v) is 7.05. The molecule has 1 atom stereocenters. The summed E-state index contributed by atoms with van der Waals surface area (Å²) in [5.41, 5.74) is 9.61. The van der Waals surface area contributed by atoms with Crippen LogP contribution < -0.4 is 16.6 Å². The first-order chi connectivity index (χ1) is 20.8. The third-order valence-electron chi connectivity index (χ3n) is 7.05. The summed E-state index contributed by atoms with van der Waals surface area (Å²) >= 11 is 0. The lowest BCUT2D eigenvalue weighted by Crippen LogP contribution is -2.33. The summed E-state index contributed by atoms with van der Waals surface area (Å²) in [5, 5.41) is 7.62. The van der Waals surface area contributed by atoms with Gasteiger partial charge in [-0.2, -0.15) is 0 Å². The first-order valence-corrected chi connectivity index (χ1v) is 13.8. The lowest BCUT2D eigenvalue weighted by molar-refractivity contribution is 0.0940. The zero-order valence-corrected chi connectivity index (χ0v) is 23.8. The highest BCUT2D eigenvalue weighted by Gasteiger charge is 2.25. The Hall–Kier alpha value is -5.82. The van der Waals surface area contributed by atoms with Gasteiger partial charge in [-0.1, -0.05) is 50.0 Å². The molecule has 6 rings (SSSR count). The highest BCUT2D eigenvalue weighted by molar-refractivity contribution is 6.04. The number of benzene rings is 2. The number of carbonyl (C=O) groups excluding carboxylic acids is 1. The molecule has 0 aliphatic heterocycles. The normalized spacial score (nSPS) is 11.8. The minimum atomic E-state index is -0.695. The molecule has 10 heteroatoms. The van der Waals surface area contributed by atoms with E-state index in [0.717, 1.165) is 11.3 Å². The minimum absolute atomic E-state index is 0.0578. The van der Waals surface area contributed by atoms with Gasteiger partial charge >= 0.3 is 0 Å². The van der Waals surface area contributed by atoms with Crippen molar-refractivity contribution in [3.63, 3.8) is 0 Å². The number of hydrogen-bond acceptors (Lipinski definition) is 7. The lowest BCUT2D eigenvalue weighted by atomic mass is 10.1. The fraction of sp³-hybridized carbons (Fsp3) is 0.152. The Labute approximate surface area is 247 Å². The van der Waals surface area contributed by atoms with E-state index in [1.807, 2.05) is 56.3 Å². The average Bonchev–Trinajstić information content (AvgIpc) is 3.35. The molecule has 10 nitrogen and oxygen atoms in total. The zero-order chi connectivity index (χ0) is 30.1. The molecule has 0 radical (unpaired) electrons. The molecule has 0 bridgehead atoms. The van der Waals surface area contributed by atoms with E-state index in [0.29, 0.717) is 33.6 Å². The van der Waals surface area contributed by atoms with Crippen molar-refractivity contribution in [2.24, 2.45) is 0 Å². The Kier molecular flexibility index (Phi) is 7.14. The van der Waals surface area contributed by atoms with Crippen LogP contribution in [0.25, 0.3) is 22.2 Å². The first-order valence-electron chi connectivity index (χ1n) is 13.8. The number of amides is 1. The number of anilines is 1. The molecule has 0 fully saturated rings. The van der Waals surface area contributed by atoms with Crippen molar-refractivity contribution < 1.29 is 4.79 Å². The van der Waals surface area contributed by atoms with Crippen molar-refractivity contribution in [2.75, 3.05) is 5.73 Å². The maximum Gasteiger partial charge on any atom is 0.267 e. The summed E-state index contributed by atoms with van der Waals surface area (Å²) in [4.78, 5) is 41.4. The fourth-order valence-corrected chi connectivity index (χ4v) is 4.88. The van der Waals surface area contributed by atoms with Crippen LogP contribution >= 0.6 is 0 Å². The molecule has 43 heavy (non-hydrogen) atoms. The van der Waals surface area contributed by atoms with Gasteiger partial charge in [0.05, 0.1) is 22.6 Å². The van der Waals surface area contributed by atoms with E-state index in [4.69, 9.17) is 10.7 Å². The van der Waals surface area contributed by atoms with Gasteiger partial charge in [-0.3, -0.25) is 19.1 Å². The Morgan fingerprint density at radius 3 is 2.44 bits per heavy atom. The number of aromatic nitrogens is 6. The van der Waals surface area contributed by atoms with Crippen molar-refractivity contribution in [1.29, 1.82) is 0 Å². The van der Waals surface area contributed by atoms with Crippen LogP contribution in [0, 0.1) is 11.8 Å². The lowest BCUT2D eigenvalue weighted by Gasteiger charge is -2.20. The molecule has 3 N–H and O–H groups in total. The highest BCUT2D eigenvalue weighted by atomic mass is 16.2. The van der Waals surface area contributed by atoms with Gasteiger partial charge in [-0.25, -0.2) is 14.5 Å². The Balaban J connectivity index is 1.46. The third kappa shape index (κ3) is 5.20. The molecule has 2 aromatic carbocycles. The fourth-order valence-electron chi connectivity index (χ4n) is 4.88. The minimum Gasteiger partial charge on any atom is -0.381 e. The summed E-state index contributed by atoms with van der Waals surface area (Å²) in [7, 11) is 0. The summed E-state index contributed by atoms with van der Waals surface area (Å²) < 4.78 is 3.00. The van der Waals surface area contributed by atoms with E-state index in [-0.39, 0.29) is 22.9 Å². The smallest absolute Gasteiger partial charge is 0.267 e. The van der Waals surface area contributed by atoms with Crippen molar-refractivity contribution in [3.05, 3.63) is 124 Å². The zero-order valence-electron chi connectivity index (χ0n) is 23.8. The van der Waals surface area contributed by atoms with Crippen molar-refractivity contribution in [2.45, 2.75) is 32.7 Å². The summed E-state index contributed by atoms with van der Waals surface area (Å²) in [6, 6.07) is 19.3. The molecular formula is C33H28N8O2. The van der Waals surface area contributed by atoms with E-state index < -0.39 is 11.9 Å². The second-order valence-corrected chi connectivity index (χ2v) is 10.4. The molecule has 6 aromatic rings. The van der Waals surface area contributed by atoms with Crippen LogP contribution in [0.5, 0.6) is 0 Å². The number of para-hydroxylation sites is 1. The Morgan fingerprint density at radius 1 is 0.930 bits per heavy atom. The van der Waals surface area contributed by atoms with Crippen LogP contribution in [0.15, 0.2) is 90.1 Å². The summed E-state index contributed by atoms with van der Waals surface area (Å²) in [6.07, 6.45) is 5.07. The predicted octanol–water partition coefficient (Wildman–Crippen LogP) is 4.42. The van der Waals surface area contributed by atoms with E-state index in [2.05, 4.69) is 32.2 Å². The van der Waals surface area contributed by atoms with Crippen molar-refractivity contribution in [3.8, 4) is 17.5 Å². The summed E-state index contributed by atoms with van der Waals surface area (Å²) in [5.74, 6) is 6.31. The van der Waals surface area contributed by atoms with Gasteiger partial charge in [0.25, 0.3) is 11.5 Å².